The molecule has 6 heteroatoms. The molecule has 0 spiro atoms. The number of rotatable bonds is 2. The van der Waals surface area contributed by atoms with Gasteiger partial charge in [-0.25, -0.2) is 4.98 Å². The summed E-state index contributed by atoms with van der Waals surface area (Å²) in [5, 5.41) is 3.11. The quantitative estimate of drug-likeness (QED) is 0.709. The maximum atomic E-state index is 11.4. The first-order valence-corrected chi connectivity index (χ1v) is 6.58. The van der Waals surface area contributed by atoms with Gasteiger partial charge in [-0.05, 0) is 63.4 Å². The van der Waals surface area contributed by atoms with Crippen LogP contribution in [0.4, 0.5) is 11.5 Å². The van der Waals surface area contributed by atoms with Crippen molar-refractivity contribution < 1.29 is 0 Å². The number of benzene rings is 1. The summed E-state index contributed by atoms with van der Waals surface area (Å²) < 4.78 is 1.68. The molecule has 0 unspecified atom stereocenters. The molecule has 1 heterocycles. The molecule has 0 bridgehead atoms. The van der Waals surface area contributed by atoms with Gasteiger partial charge in [-0.1, -0.05) is 6.07 Å². The molecule has 1 aromatic carbocycles. The van der Waals surface area contributed by atoms with Gasteiger partial charge in [-0.3, -0.25) is 4.79 Å². The molecule has 2 N–H and O–H groups in total. The molecule has 0 aliphatic heterocycles. The van der Waals surface area contributed by atoms with E-state index in [0.29, 0.717) is 9.39 Å². The highest BCUT2D eigenvalue weighted by atomic mass is 127. The molecule has 0 saturated carbocycles. The second-order valence-electron chi connectivity index (χ2n) is 3.03. The number of nitrogens with zero attached hydrogens (tertiary/aromatic N) is 1. The van der Waals surface area contributed by atoms with Crippen molar-refractivity contribution in [3.63, 3.8) is 0 Å². The molecular weight excluding hydrogens is 432 g/mol. The third kappa shape index (κ3) is 2.73. The summed E-state index contributed by atoms with van der Waals surface area (Å²) in [6, 6.07) is 7.87. The van der Waals surface area contributed by atoms with Gasteiger partial charge in [-0.2, -0.15) is 0 Å². The Labute approximate surface area is 119 Å². The number of aromatic nitrogens is 2. The van der Waals surface area contributed by atoms with E-state index in [1.165, 1.54) is 6.33 Å². The Balaban J connectivity index is 2.34. The summed E-state index contributed by atoms with van der Waals surface area (Å²) in [4.78, 5) is 18.0. The van der Waals surface area contributed by atoms with E-state index in [2.05, 4.69) is 37.9 Å². The highest BCUT2D eigenvalue weighted by molar-refractivity contribution is 14.1. The van der Waals surface area contributed by atoms with Crippen LogP contribution in [0.2, 0.25) is 0 Å². The normalized spacial score (nSPS) is 10.1. The third-order valence-electron chi connectivity index (χ3n) is 1.88. The lowest BCUT2D eigenvalue weighted by molar-refractivity contribution is 1.10. The fourth-order valence-corrected chi connectivity index (χ4v) is 2.15. The van der Waals surface area contributed by atoms with Crippen LogP contribution in [0.25, 0.3) is 0 Å². The summed E-state index contributed by atoms with van der Waals surface area (Å²) >= 11 is 4.20. The minimum atomic E-state index is -0.135. The highest BCUT2D eigenvalue weighted by Gasteiger charge is 2.04. The zero-order valence-electron chi connectivity index (χ0n) is 8.00. The molecule has 0 aliphatic rings. The molecule has 1 aromatic heterocycles. The number of H-pyrrole nitrogens is 1. The van der Waals surface area contributed by atoms with Crippen molar-refractivity contribution in [2.24, 2.45) is 0 Å². The molecule has 2 aromatic rings. The molecule has 0 saturated heterocycles. The van der Waals surface area contributed by atoms with Crippen molar-refractivity contribution in [2.45, 2.75) is 0 Å². The van der Waals surface area contributed by atoms with Gasteiger partial charge in [0.15, 0.2) is 5.82 Å². The van der Waals surface area contributed by atoms with Crippen LogP contribution in [0.5, 0.6) is 0 Å². The van der Waals surface area contributed by atoms with Crippen LogP contribution in [-0.4, -0.2) is 9.97 Å². The van der Waals surface area contributed by atoms with Crippen LogP contribution in [0, 0.1) is 7.14 Å². The molecule has 2 rings (SSSR count). The van der Waals surface area contributed by atoms with Crippen LogP contribution >= 0.6 is 45.2 Å². The second-order valence-corrected chi connectivity index (χ2v) is 5.35. The Morgan fingerprint density at radius 1 is 1.31 bits per heavy atom. The van der Waals surface area contributed by atoms with Gasteiger partial charge in [0, 0.05) is 9.26 Å². The van der Waals surface area contributed by atoms with E-state index in [0.717, 1.165) is 9.26 Å². The first kappa shape index (κ1) is 11.8. The minimum Gasteiger partial charge on any atom is -0.339 e. The largest absolute Gasteiger partial charge is 0.339 e. The number of hydrogen-bond donors (Lipinski definition) is 2. The van der Waals surface area contributed by atoms with Crippen LogP contribution in [0.15, 0.2) is 35.4 Å². The van der Waals surface area contributed by atoms with Gasteiger partial charge < -0.3 is 10.3 Å². The standard InChI is InChI=1S/C10H7I2N3O/c11-6-2-1-3-7(4-6)15-9-8(12)10(16)14-5-13-9/h1-5H,(H2,13,14,15,16). The third-order valence-corrected chi connectivity index (χ3v) is 3.56. The van der Waals surface area contributed by atoms with Gasteiger partial charge in [-0.15, -0.1) is 0 Å². The zero-order valence-corrected chi connectivity index (χ0v) is 12.3. The molecule has 16 heavy (non-hydrogen) atoms. The van der Waals surface area contributed by atoms with E-state index >= 15 is 0 Å². The second kappa shape index (κ2) is 5.13. The number of anilines is 2. The minimum absolute atomic E-state index is 0.135. The summed E-state index contributed by atoms with van der Waals surface area (Å²) in [6.07, 6.45) is 1.39. The summed E-state index contributed by atoms with van der Waals surface area (Å²) in [7, 11) is 0. The topological polar surface area (TPSA) is 57.8 Å². The van der Waals surface area contributed by atoms with Crippen LogP contribution < -0.4 is 10.9 Å². The maximum Gasteiger partial charge on any atom is 0.266 e. The maximum absolute atomic E-state index is 11.4. The lowest BCUT2D eigenvalue weighted by Gasteiger charge is -2.06. The van der Waals surface area contributed by atoms with E-state index in [1.807, 2.05) is 46.9 Å². The predicted molar refractivity (Wildman–Crippen MR) is 80.0 cm³/mol. The number of halogens is 2. The molecule has 4 nitrogen and oxygen atoms in total. The van der Waals surface area contributed by atoms with E-state index in [9.17, 15) is 4.79 Å². The van der Waals surface area contributed by atoms with E-state index in [4.69, 9.17) is 0 Å². The number of nitrogens with one attached hydrogen (secondary N) is 2. The van der Waals surface area contributed by atoms with E-state index in [1.54, 1.807) is 0 Å². The van der Waals surface area contributed by atoms with Crippen molar-refractivity contribution in [2.75, 3.05) is 5.32 Å². The fourth-order valence-electron chi connectivity index (χ4n) is 1.17. The van der Waals surface area contributed by atoms with Crippen molar-refractivity contribution in [3.05, 3.63) is 48.1 Å². The highest BCUT2D eigenvalue weighted by Crippen LogP contribution is 2.18. The molecule has 0 amide bonds. The van der Waals surface area contributed by atoms with Crippen LogP contribution in [0.3, 0.4) is 0 Å². The molecular formula is C10H7I2N3O. The Kier molecular flexibility index (Phi) is 3.79. The lowest BCUT2D eigenvalue weighted by Crippen LogP contribution is -2.12. The molecule has 0 fully saturated rings. The van der Waals surface area contributed by atoms with Gasteiger partial charge in [0.25, 0.3) is 5.56 Å². The fraction of sp³-hybridized carbons (Fsp3) is 0. The summed E-state index contributed by atoms with van der Waals surface area (Å²) in [6.45, 7) is 0. The average Bonchev–Trinajstić information content (AvgIpc) is 2.25. The van der Waals surface area contributed by atoms with Gasteiger partial charge in [0.1, 0.15) is 3.57 Å². The van der Waals surface area contributed by atoms with Crippen molar-refractivity contribution in [1.82, 2.24) is 9.97 Å². The Hall–Kier alpha value is -0.640. The predicted octanol–water partition coefficient (Wildman–Crippen LogP) is 2.72. The van der Waals surface area contributed by atoms with Gasteiger partial charge in [0.05, 0.1) is 6.33 Å². The molecule has 82 valence electrons. The monoisotopic (exact) mass is 439 g/mol. The SMILES string of the molecule is O=c1[nH]cnc(Nc2cccc(I)c2)c1I. The first-order valence-electron chi connectivity index (χ1n) is 4.42. The molecule has 0 atom stereocenters. The van der Waals surface area contributed by atoms with Gasteiger partial charge in [0.2, 0.25) is 0 Å². The van der Waals surface area contributed by atoms with Crippen molar-refractivity contribution in [1.29, 1.82) is 0 Å². The van der Waals surface area contributed by atoms with E-state index in [-0.39, 0.29) is 5.56 Å². The molecule has 0 aliphatic carbocycles. The number of hydrogen-bond acceptors (Lipinski definition) is 3. The number of aromatic amines is 1. The smallest absolute Gasteiger partial charge is 0.266 e. The summed E-state index contributed by atoms with van der Waals surface area (Å²) in [5.41, 5.74) is 0.784. The van der Waals surface area contributed by atoms with E-state index < -0.39 is 0 Å². The lowest BCUT2D eigenvalue weighted by atomic mass is 10.3. The van der Waals surface area contributed by atoms with Gasteiger partial charge >= 0.3 is 0 Å². The Morgan fingerprint density at radius 3 is 2.88 bits per heavy atom. The van der Waals surface area contributed by atoms with Crippen molar-refractivity contribution in [3.8, 4) is 0 Å². The summed E-state index contributed by atoms with van der Waals surface area (Å²) in [5.74, 6) is 0.575. The van der Waals surface area contributed by atoms with Crippen LogP contribution in [-0.2, 0) is 0 Å². The van der Waals surface area contributed by atoms with Crippen molar-refractivity contribution >= 4 is 56.7 Å². The average molecular weight is 439 g/mol. The zero-order chi connectivity index (χ0) is 11.5. The Morgan fingerprint density at radius 2 is 2.12 bits per heavy atom. The molecule has 0 radical (unpaired) electrons. The van der Waals surface area contributed by atoms with Crippen LogP contribution in [0.1, 0.15) is 0 Å². The Bertz CT molecular complexity index is 568. The first-order chi connectivity index (χ1) is 7.66.